The van der Waals surface area contributed by atoms with Gasteiger partial charge < -0.3 is 14.7 Å². The molecule has 1 N–H and O–H groups in total. The monoisotopic (exact) mass is 418 g/mol. The van der Waals surface area contributed by atoms with Crippen LogP contribution >= 0.6 is 0 Å². The molecule has 1 saturated heterocycles. The first kappa shape index (κ1) is 21.6. The fourth-order valence-electron chi connectivity index (χ4n) is 3.69. The van der Waals surface area contributed by atoms with Gasteiger partial charge in [-0.3, -0.25) is 4.31 Å². The number of piperidine rings is 1. The first-order valence-corrected chi connectivity index (χ1v) is 11.5. The van der Waals surface area contributed by atoms with Gasteiger partial charge in [0.25, 0.3) is 10.0 Å². The number of aliphatic hydroxyl groups is 1. The van der Waals surface area contributed by atoms with Crippen LogP contribution in [0.3, 0.4) is 0 Å². The van der Waals surface area contributed by atoms with Gasteiger partial charge in [-0.25, -0.2) is 8.42 Å². The fourth-order valence-corrected chi connectivity index (χ4v) is 5.20. The van der Waals surface area contributed by atoms with Crippen LogP contribution < -0.4 is 9.04 Å². The van der Waals surface area contributed by atoms with Crippen LogP contribution in [0, 0.1) is 6.92 Å². The largest absolute Gasteiger partial charge is 0.495 e. The van der Waals surface area contributed by atoms with Crippen LogP contribution in [0.25, 0.3) is 0 Å². The van der Waals surface area contributed by atoms with Crippen molar-refractivity contribution in [1.29, 1.82) is 0 Å². The van der Waals surface area contributed by atoms with E-state index >= 15 is 0 Å². The number of sulfonamides is 1. The average molecular weight is 419 g/mol. The summed E-state index contributed by atoms with van der Waals surface area (Å²) in [6.07, 6.45) is 2.63. The Morgan fingerprint density at radius 2 is 1.72 bits per heavy atom. The van der Waals surface area contributed by atoms with Crippen LogP contribution in [0.4, 0.5) is 5.69 Å². The van der Waals surface area contributed by atoms with Crippen molar-refractivity contribution in [2.45, 2.75) is 37.2 Å². The van der Waals surface area contributed by atoms with E-state index in [2.05, 4.69) is 4.90 Å². The Labute approximate surface area is 173 Å². The van der Waals surface area contributed by atoms with Crippen molar-refractivity contribution in [3.63, 3.8) is 0 Å². The van der Waals surface area contributed by atoms with Gasteiger partial charge in [-0.2, -0.15) is 0 Å². The number of para-hydroxylation sites is 2. The maximum atomic E-state index is 13.5. The number of β-amino-alcohol motifs (C(OH)–C–C–N with tert-alkyl or cyclic N) is 1. The number of hydrogen-bond acceptors (Lipinski definition) is 5. The topological polar surface area (TPSA) is 70.1 Å². The van der Waals surface area contributed by atoms with Crippen LogP contribution in [0.2, 0.25) is 0 Å². The molecule has 7 heteroatoms. The Hall–Kier alpha value is -2.09. The summed E-state index contributed by atoms with van der Waals surface area (Å²) in [5.41, 5.74) is 1.41. The molecule has 3 rings (SSSR count). The third-order valence-electron chi connectivity index (χ3n) is 5.26. The number of aryl methyl sites for hydroxylation is 1. The Morgan fingerprint density at radius 3 is 2.38 bits per heavy atom. The molecule has 2 aromatic carbocycles. The van der Waals surface area contributed by atoms with Crippen molar-refractivity contribution >= 4 is 15.7 Å². The van der Waals surface area contributed by atoms with Gasteiger partial charge in [0.15, 0.2) is 0 Å². The number of rotatable bonds is 8. The highest BCUT2D eigenvalue weighted by Crippen LogP contribution is 2.32. The molecule has 0 radical (unpaired) electrons. The van der Waals surface area contributed by atoms with Gasteiger partial charge >= 0.3 is 0 Å². The minimum Gasteiger partial charge on any atom is -0.495 e. The van der Waals surface area contributed by atoms with Crippen molar-refractivity contribution in [2.24, 2.45) is 0 Å². The van der Waals surface area contributed by atoms with E-state index in [1.54, 1.807) is 48.5 Å². The van der Waals surface area contributed by atoms with Gasteiger partial charge in [0.1, 0.15) is 5.75 Å². The number of ether oxygens (including phenoxy) is 1. The molecule has 1 fully saturated rings. The molecule has 6 nitrogen and oxygen atoms in total. The van der Waals surface area contributed by atoms with Gasteiger partial charge in [0, 0.05) is 6.54 Å². The molecule has 29 heavy (non-hydrogen) atoms. The van der Waals surface area contributed by atoms with Crippen LogP contribution in [0.1, 0.15) is 24.8 Å². The van der Waals surface area contributed by atoms with Gasteiger partial charge in [0.2, 0.25) is 0 Å². The summed E-state index contributed by atoms with van der Waals surface area (Å²) in [7, 11) is -2.35. The van der Waals surface area contributed by atoms with E-state index in [1.807, 2.05) is 6.92 Å². The summed E-state index contributed by atoms with van der Waals surface area (Å²) in [6, 6.07) is 13.8. The minimum absolute atomic E-state index is 0.0346. The summed E-state index contributed by atoms with van der Waals surface area (Å²) >= 11 is 0. The van der Waals surface area contributed by atoms with Crippen molar-refractivity contribution in [3.05, 3.63) is 54.1 Å². The fraction of sp³-hybridized carbons (Fsp3) is 0.455. The first-order valence-electron chi connectivity index (χ1n) is 10.0. The predicted octanol–water partition coefficient (Wildman–Crippen LogP) is 3.05. The highest BCUT2D eigenvalue weighted by atomic mass is 32.2. The molecule has 1 aliphatic rings. The molecule has 158 valence electrons. The molecular weight excluding hydrogens is 388 g/mol. The molecule has 0 amide bonds. The summed E-state index contributed by atoms with van der Waals surface area (Å²) in [6.45, 7) is 4.21. The maximum absolute atomic E-state index is 13.5. The molecule has 1 heterocycles. The van der Waals surface area contributed by atoms with Crippen LogP contribution in [-0.2, 0) is 10.0 Å². The van der Waals surface area contributed by atoms with Crippen LogP contribution in [0.5, 0.6) is 5.75 Å². The number of nitrogens with zero attached hydrogens (tertiary/aromatic N) is 2. The Bertz CT molecular complexity index is 893. The van der Waals surface area contributed by atoms with Gasteiger partial charge in [-0.05, 0) is 57.1 Å². The van der Waals surface area contributed by atoms with E-state index in [4.69, 9.17) is 4.74 Å². The van der Waals surface area contributed by atoms with Crippen molar-refractivity contribution in [2.75, 3.05) is 37.6 Å². The van der Waals surface area contributed by atoms with Gasteiger partial charge in [0.05, 0.1) is 30.3 Å². The zero-order chi connectivity index (χ0) is 20.9. The highest BCUT2D eigenvalue weighted by Gasteiger charge is 2.30. The van der Waals surface area contributed by atoms with Gasteiger partial charge in [-0.15, -0.1) is 0 Å². The lowest BCUT2D eigenvalue weighted by atomic mass is 10.1. The summed E-state index contributed by atoms with van der Waals surface area (Å²) < 4.78 is 33.7. The van der Waals surface area contributed by atoms with E-state index in [1.165, 1.54) is 17.8 Å². The van der Waals surface area contributed by atoms with E-state index in [0.717, 1.165) is 31.5 Å². The lowest BCUT2D eigenvalue weighted by Crippen LogP contribution is -2.44. The summed E-state index contributed by atoms with van der Waals surface area (Å²) in [4.78, 5) is 2.40. The van der Waals surface area contributed by atoms with E-state index < -0.39 is 16.1 Å². The van der Waals surface area contributed by atoms with Crippen molar-refractivity contribution in [1.82, 2.24) is 4.90 Å². The molecule has 0 aromatic heterocycles. The van der Waals surface area contributed by atoms with Crippen molar-refractivity contribution < 1.29 is 18.3 Å². The molecule has 0 spiro atoms. The first-order chi connectivity index (χ1) is 13.9. The maximum Gasteiger partial charge on any atom is 0.264 e. The molecule has 0 saturated carbocycles. The predicted molar refractivity (Wildman–Crippen MR) is 115 cm³/mol. The number of benzene rings is 2. The second-order valence-corrected chi connectivity index (χ2v) is 9.40. The van der Waals surface area contributed by atoms with Crippen LogP contribution in [0.15, 0.2) is 53.4 Å². The summed E-state index contributed by atoms with van der Waals surface area (Å²) in [5.74, 6) is 0.452. The Balaban J connectivity index is 1.92. The average Bonchev–Trinajstić information content (AvgIpc) is 2.73. The molecule has 1 aliphatic heterocycles. The SMILES string of the molecule is COc1ccccc1N(C[C@@H](O)CN1CCCCC1)S(=O)(=O)c1ccc(C)cc1. The van der Waals surface area contributed by atoms with Gasteiger partial charge in [-0.1, -0.05) is 36.2 Å². The molecule has 1 atom stereocenters. The van der Waals surface area contributed by atoms with E-state index in [9.17, 15) is 13.5 Å². The second kappa shape index (κ2) is 9.61. The summed E-state index contributed by atoms with van der Waals surface area (Å²) in [5, 5.41) is 10.8. The zero-order valence-electron chi connectivity index (χ0n) is 17.1. The number of likely N-dealkylation sites (tertiary alicyclic amines) is 1. The molecular formula is C22H30N2O4S. The smallest absolute Gasteiger partial charge is 0.264 e. The Kier molecular flexibility index (Phi) is 7.16. The third-order valence-corrected chi connectivity index (χ3v) is 7.05. The molecule has 2 aromatic rings. The number of anilines is 1. The number of methoxy groups -OCH3 is 1. The zero-order valence-corrected chi connectivity index (χ0v) is 17.9. The normalized spacial score (nSPS) is 16.4. The van der Waals surface area contributed by atoms with Crippen molar-refractivity contribution in [3.8, 4) is 5.75 Å². The van der Waals surface area contributed by atoms with E-state index in [0.29, 0.717) is 18.0 Å². The van der Waals surface area contributed by atoms with Crippen LogP contribution in [-0.4, -0.2) is 57.8 Å². The van der Waals surface area contributed by atoms with E-state index in [-0.39, 0.29) is 11.4 Å². The standard InChI is InChI=1S/C22H30N2O4S/c1-18-10-12-20(13-11-18)29(26,27)24(21-8-4-5-9-22(21)28-2)17-19(25)16-23-14-6-3-7-15-23/h4-5,8-13,19,25H,3,6-7,14-17H2,1-2H3/t19-/m0/s1. The molecule has 0 aliphatic carbocycles. The lowest BCUT2D eigenvalue weighted by molar-refractivity contribution is 0.107. The number of aliphatic hydroxyl groups excluding tert-OH is 1. The lowest BCUT2D eigenvalue weighted by Gasteiger charge is -2.32. The highest BCUT2D eigenvalue weighted by molar-refractivity contribution is 7.92. The Morgan fingerprint density at radius 1 is 1.07 bits per heavy atom. The third kappa shape index (κ3) is 5.29. The minimum atomic E-state index is -3.86. The number of hydrogen-bond donors (Lipinski definition) is 1. The molecule has 0 bridgehead atoms. The second-order valence-electron chi connectivity index (χ2n) is 7.54. The molecule has 0 unspecified atom stereocenters. The quantitative estimate of drug-likeness (QED) is 0.714.